The third-order valence-corrected chi connectivity index (χ3v) is 7.23. The van der Waals surface area contributed by atoms with Gasteiger partial charge in [0.15, 0.2) is 5.65 Å². The number of hydrogen-bond donors (Lipinski definition) is 2. The second kappa shape index (κ2) is 11.8. The van der Waals surface area contributed by atoms with Crippen LogP contribution in [-0.4, -0.2) is 43.4 Å². The molecule has 5 rings (SSSR count). The van der Waals surface area contributed by atoms with Crippen LogP contribution in [0.3, 0.4) is 0 Å². The quantitative estimate of drug-likeness (QED) is 0.233. The van der Waals surface area contributed by atoms with Gasteiger partial charge in [0.05, 0.1) is 31.0 Å². The lowest BCUT2D eigenvalue weighted by Crippen LogP contribution is -2.17. The fourth-order valence-electron chi connectivity index (χ4n) is 4.67. The molecule has 2 aromatic carbocycles. The van der Waals surface area contributed by atoms with Crippen molar-refractivity contribution in [2.24, 2.45) is 0 Å². The Morgan fingerprint density at radius 2 is 1.74 bits per heavy atom. The van der Waals surface area contributed by atoms with Crippen molar-refractivity contribution < 1.29 is 22.6 Å². The van der Waals surface area contributed by atoms with E-state index in [1.54, 1.807) is 45.0 Å². The van der Waals surface area contributed by atoms with E-state index in [1.165, 1.54) is 23.9 Å². The second-order valence-corrected chi connectivity index (χ2v) is 10.1. The molecule has 0 amide bonds. The summed E-state index contributed by atoms with van der Waals surface area (Å²) < 4.78 is 52.1. The number of alkyl halides is 3. The standard InChI is InChI=1S/C30H29F3N6O4/c1-16-17(2)34-24(35-28(16)40)15-43-13-12-23-25-27(36-26(37-29(25)41)20-6-5-7-22(14-20)42-4)39(38-23)18(3)19-8-10-21(11-9-19)30(31,32)33/h5-11,14,18H,12-13,15H2,1-4H3,(H,34,35,40)(H,36,37,41). The van der Waals surface area contributed by atoms with Crippen LogP contribution in [-0.2, 0) is 23.9 Å². The number of nitrogens with one attached hydrogen (secondary N) is 2. The summed E-state index contributed by atoms with van der Waals surface area (Å²) in [5.41, 5.74) is 1.53. The lowest BCUT2D eigenvalue weighted by molar-refractivity contribution is -0.137. The Labute approximate surface area is 243 Å². The highest BCUT2D eigenvalue weighted by Gasteiger charge is 2.30. The Bertz CT molecular complexity index is 1890. The van der Waals surface area contributed by atoms with Crippen LogP contribution in [0.15, 0.2) is 58.1 Å². The molecule has 10 nitrogen and oxygen atoms in total. The number of nitrogens with zero attached hydrogens (tertiary/aromatic N) is 4. The summed E-state index contributed by atoms with van der Waals surface area (Å²) >= 11 is 0. The minimum absolute atomic E-state index is 0.0472. The summed E-state index contributed by atoms with van der Waals surface area (Å²) in [5, 5.41) is 4.93. The molecule has 0 aliphatic rings. The van der Waals surface area contributed by atoms with Gasteiger partial charge >= 0.3 is 6.18 Å². The monoisotopic (exact) mass is 594 g/mol. The third-order valence-electron chi connectivity index (χ3n) is 7.23. The van der Waals surface area contributed by atoms with Crippen LogP contribution in [0, 0.1) is 13.8 Å². The normalized spacial score (nSPS) is 12.5. The first-order chi connectivity index (χ1) is 20.5. The van der Waals surface area contributed by atoms with E-state index in [1.807, 2.05) is 0 Å². The van der Waals surface area contributed by atoms with E-state index in [9.17, 15) is 22.8 Å². The number of aromatic amines is 2. The lowest BCUT2D eigenvalue weighted by atomic mass is 10.1. The largest absolute Gasteiger partial charge is 0.497 e. The van der Waals surface area contributed by atoms with Gasteiger partial charge in [0.25, 0.3) is 11.1 Å². The summed E-state index contributed by atoms with van der Waals surface area (Å²) in [6.45, 7) is 5.39. The van der Waals surface area contributed by atoms with E-state index in [0.29, 0.717) is 39.7 Å². The van der Waals surface area contributed by atoms with Crippen molar-refractivity contribution in [3.8, 4) is 17.1 Å². The first-order valence-corrected chi connectivity index (χ1v) is 13.4. The number of aryl methyl sites for hydroxylation is 1. The number of methoxy groups -OCH3 is 1. The second-order valence-electron chi connectivity index (χ2n) is 10.1. The van der Waals surface area contributed by atoms with Crippen molar-refractivity contribution in [3.63, 3.8) is 0 Å². The number of benzene rings is 2. The Hall–Kier alpha value is -4.78. The van der Waals surface area contributed by atoms with Crippen molar-refractivity contribution in [2.45, 2.75) is 46.0 Å². The summed E-state index contributed by atoms with van der Waals surface area (Å²) in [6.07, 6.45) is -4.24. The molecule has 1 atom stereocenters. The Balaban J connectivity index is 1.50. The fourth-order valence-corrected chi connectivity index (χ4v) is 4.67. The van der Waals surface area contributed by atoms with Crippen molar-refractivity contribution in [3.05, 3.63) is 103 Å². The van der Waals surface area contributed by atoms with Gasteiger partial charge in [-0.1, -0.05) is 24.3 Å². The van der Waals surface area contributed by atoms with Gasteiger partial charge in [0.2, 0.25) is 0 Å². The van der Waals surface area contributed by atoms with E-state index < -0.39 is 23.3 Å². The van der Waals surface area contributed by atoms with Crippen LogP contribution in [0.1, 0.15) is 46.9 Å². The molecule has 0 saturated heterocycles. The van der Waals surface area contributed by atoms with Gasteiger partial charge in [0, 0.05) is 23.2 Å². The molecular formula is C30H29F3N6O4. The minimum Gasteiger partial charge on any atom is -0.497 e. The number of hydrogen-bond acceptors (Lipinski definition) is 7. The Morgan fingerprint density at radius 3 is 2.42 bits per heavy atom. The highest BCUT2D eigenvalue weighted by Crippen LogP contribution is 2.31. The van der Waals surface area contributed by atoms with Crippen molar-refractivity contribution in [1.29, 1.82) is 0 Å². The van der Waals surface area contributed by atoms with Gasteiger partial charge in [-0.25, -0.2) is 14.6 Å². The molecule has 0 aliphatic heterocycles. The summed E-state index contributed by atoms with van der Waals surface area (Å²) in [4.78, 5) is 40.0. The van der Waals surface area contributed by atoms with Crippen LogP contribution in [0.5, 0.6) is 5.75 Å². The Morgan fingerprint density at radius 1 is 1.00 bits per heavy atom. The number of halogens is 3. The molecular weight excluding hydrogens is 565 g/mol. The van der Waals surface area contributed by atoms with Gasteiger partial charge < -0.3 is 19.4 Å². The number of fused-ring (bicyclic) bond motifs is 1. The predicted octanol–water partition coefficient (Wildman–Crippen LogP) is 4.88. The minimum atomic E-state index is -4.46. The first-order valence-electron chi connectivity index (χ1n) is 13.4. The summed E-state index contributed by atoms with van der Waals surface area (Å²) in [5.74, 6) is 1.23. The number of rotatable bonds is 9. The average Bonchev–Trinajstić information content (AvgIpc) is 3.36. The highest BCUT2D eigenvalue weighted by atomic mass is 19.4. The van der Waals surface area contributed by atoms with E-state index >= 15 is 0 Å². The van der Waals surface area contributed by atoms with Gasteiger partial charge in [-0.05, 0) is 50.6 Å². The van der Waals surface area contributed by atoms with Gasteiger partial charge in [-0.15, -0.1) is 0 Å². The Kier molecular flexibility index (Phi) is 8.18. The van der Waals surface area contributed by atoms with E-state index in [0.717, 1.165) is 12.1 Å². The molecule has 5 aromatic rings. The third kappa shape index (κ3) is 6.21. The van der Waals surface area contributed by atoms with Gasteiger partial charge in [-0.3, -0.25) is 9.59 Å². The summed E-state index contributed by atoms with van der Waals surface area (Å²) in [7, 11) is 1.53. The van der Waals surface area contributed by atoms with Crippen LogP contribution in [0.25, 0.3) is 22.4 Å². The molecule has 0 bridgehead atoms. The lowest BCUT2D eigenvalue weighted by Gasteiger charge is -2.15. The maximum Gasteiger partial charge on any atom is 0.416 e. The number of ether oxygens (including phenoxy) is 2. The molecule has 224 valence electrons. The zero-order chi connectivity index (χ0) is 30.9. The molecule has 0 fully saturated rings. The average molecular weight is 595 g/mol. The number of H-pyrrole nitrogens is 2. The van der Waals surface area contributed by atoms with Crippen LogP contribution in [0.2, 0.25) is 0 Å². The first kappa shape index (κ1) is 29.7. The summed E-state index contributed by atoms with van der Waals surface area (Å²) in [6, 6.07) is 11.3. The van der Waals surface area contributed by atoms with Crippen LogP contribution in [0.4, 0.5) is 13.2 Å². The SMILES string of the molecule is COc1cccc(-c2nc3c(c(CCOCc4nc(C)c(C)c(=O)[nH]4)nn3C(C)c3ccc(C(F)(F)F)cc3)c(=O)[nH]2)c1. The van der Waals surface area contributed by atoms with E-state index in [-0.39, 0.29) is 42.1 Å². The maximum absolute atomic E-state index is 13.4. The molecule has 0 radical (unpaired) electrons. The predicted molar refractivity (Wildman–Crippen MR) is 153 cm³/mol. The smallest absolute Gasteiger partial charge is 0.416 e. The zero-order valence-corrected chi connectivity index (χ0v) is 23.9. The number of aromatic nitrogens is 6. The molecule has 43 heavy (non-hydrogen) atoms. The molecule has 1 unspecified atom stereocenters. The highest BCUT2D eigenvalue weighted by molar-refractivity contribution is 5.79. The molecule has 0 aliphatic carbocycles. The van der Waals surface area contributed by atoms with Crippen molar-refractivity contribution in [2.75, 3.05) is 13.7 Å². The van der Waals surface area contributed by atoms with Gasteiger partial charge in [0.1, 0.15) is 29.4 Å². The maximum atomic E-state index is 13.4. The van der Waals surface area contributed by atoms with Crippen molar-refractivity contribution >= 4 is 11.0 Å². The van der Waals surface area contributed by atoms with E-state index in [2.05, 4.69) is 20.1 Å². The van der Waals surface area contributed by atoms with Gasteiger partial charge in [-0.2, -0.15) is 18.3 Å². The van der Waals surface area contributed by atoms with Crippen LogP contribution >= 0.6 is 0 Å². The molecule has 0 spiro atoms. The molecule has 2 N–H and O–H groups in total. The van der Waals surface area contributed by atoms with E-state index in [4.69, 9.17) is 14.5 Å². The fraction of sp³-hybridized carbons (Fsp3) is 0.300. The van der Waals surface area contributed by atoms with Crippen LogP contribution < -0.4 is 15.9 Å². The molecule has 3 heterocycles. The molecule has 0 saturated carbocycles. The molecule has 3 aromatic heterocycles. The zero-order valence-electron chi connectivity index (χ0n) is 23.9. The topological polar surface area (TPSA) is 128 Å². The molecule has 13 heteroatoms. The van der Waals surface area contributed by atoms with Crippen molar-refractivity contribution in [1.82, 2.24) is 29.7 Å².